The van der Waals surface area contributed by atoms with Crippen LogP contribution in [0.3, 0.4) is 0 Å². The number of rotatable bonds is 17. The maximum absolute atomic E-state index is 13.5. The van der Waals surface area contributed by atoms with E-state index in [1.54, 1.807) is 106 Å². The lowest BCUT2D eigenvalue weighted by Gasteiger charge is -2.25. The van der Waals surface area contributed by atoms with Gasteiger partial charge in [0, 0.05) is 70.4 Å². The lowest BCUT2D eigenvalue weighted by Crippen LogP contribution is -2.30. The fourth-order valence-electron chi connectivity index (χ4n) is 9.19. The van der Waals surface area contributed by atoms with Crippen molar-refractivity contribution in [2.75, 3.05) is 58.1 Å². The molecule has 2 N–H and O–H groups in total. The number of aromatic nitrogens is 12. The first kappa shape index (κ1) is 54.7. The van der Waals surface area contributed by atoms with Gasteiger partial charge in [0.2, 0.25) is 0 Å². The van der Waals surface area contributed by atoms with E-state index < -0.39 is 25.0 Å². The minimum atomic E-state index is -3.11. The molecule has 0 aliphatic carbocycles. The summed E-state index contributed by atoms with van der Waals surface area (Å²) in [4.78, 5) is 50.9. The zero-order valence-corrected chi connectivity index (χ0v) is 44.6. The number of hydrogen-bond acceptors (Lipinski definition) is 16. The van der Waals surface area contributed by atoms with Crippen molar-refractivity contribution in [1.82, 2.24) is 68.3 Å². The van der Waals surface area contributed by atoms with Gasteiger partial charge in [0.1, 0.15) is 51.3 Å². The number of fused-ring (bicyclic) bond motifs is 2. The summed E-state index contributed by atoms with van der Waals surface area (Å²) in [7, 11) is 7.03. The van der Waals surface area contributed by atoms with Crippen LogP contribution >= 0.6 is 0 Å². The van der Waals surface area contributed by atoms with Crippen LogP contribution in [0.4, 0.5) is 28.9 Å². The van der Waals surface area contributed by atoms with Gasteiger partial charge < -0.3 is 44.1 Å². The van der Waals surface area contributed by atoms with E-state index in [4.69, 9.17) is 23.7 Å². The number of likely N-dealkylation sites (N-methyl/N-ethyl adjacent to an activating group) is 1. The third kappa shape index (κ3) is 12.1. The second-order valence-electron chi connectivity index (χ2n) is 19.3. The first-order valence-electron chi connectivity index (χ1n) is 25.6. The molecule has 0 unspecified atom stereocenters. The molecule has 12 rings (SSSR count). The Balaban J connectivity index is 0.000000174. The molecule has 0 spiro atoms. The van der Waals surface area contributed by atoms with Gasteiger partial charge in [-0.2, -0.15) is 43.1 Å². The number of carbonyl (C=O) groups is 3. The summed E-state index contributed by atoms with van der Waals surface area (Å²) in [5, 5.41) is 27.4. The SMILES string of the molecule is CN(C)C(=O)c1ccc(Oc2ccc(OC(F)F)c(-c3nn(C4COC4)cc3NC(=O)c3cnn4cccnc34)c2)cc1.CN1CC[C@@H](n2cc(Oc3ccc(OC(F)F)c(-c4nn(C)cc4NC(=O)c4cnn5cccnc45)c3)cn2)C1. The van der Waals surface area contributed by atoms with Crippen LogP contribution in [0.25, 0.3) is 33.8 Å². The molecule has 83 heavy (non-hydrogen) atoms. The van der Waals surface area contributed by atoms with Crippen molar-refractivity contribution < 1.29 is 55.6 Å². The number of aryl methyl sites for hydroxylation is 1. The monoisotopic (exact) mass is 1140 g/mol. The second-order valence-corrected chi connectivity index (χ2v) is 19.3. The third-order valence-electron chi connectivity index (χ3n) is 13.2. The van der Waals surface area contributed by atoms with Crippen LogP contribution in [-0.2, 0) is 11.8 Å². The lowest BCUT2D eigenvalue weighted by atomic mass is 10.1. The predicted octanol–water partition coefficient (Wildman–Crippen LogP) is 8.36. The Morgan fingerprint density at radius 3 is 1.73 bits per heavy atom. The molecule has 0 radical (unpaired) electrons. The van der Waals surface area contributed by atoms with E-state index in [-0.39, 0.29) is 80.3 Å². The van der Waals surface area contributed by atoms with Gasteiger partial charge in [-0.1, -0.05) is 0 Å². The van der Waals surface area contributed by atoms with Crippen LogP contribution < -0.4 is 29.6 Å². The average Bonchev–Trinajstić information content (AvgIpc) is 4.33. The molecule has 7 aromatic heterocycles. The molecular formula is C55H50F4N16O8. The maximum atomic E-state index is 13.5. The van der Waals surface area contributed by atoms with Crippen molar-refractivity contribution in [3.05, 3.63) is 151 Å². The highest BCUT2D eigenvalue weighted by Crippen LogP contribution is 2.41. The number of likely N-dealkylation sites (tertiary alicyclic amines) is 1. The Bertz CT molecular complexity index is 3990. The van der Waals surface area contributed by atoms with Crippen LogP contribution in [0.2, 0.25) is 0 Å². The fraction of sp³-hybridized carbons (Fsp3) is 0.236. The Labute approximate surface area is 468 Å². The van der Waals surface area contributed by atoms with E-state index in [2.05, 4.69) is 58.0 Å². The first-order chi connectivity index (χ1) is 40.1. The number of nitrogens with one attached hydrogen (secondary N) is 2. The van der Waals surface area contributed by atoms with E-state index in [1.165, 1.54) is 67.4 Å². The molecule has 3 aromatic carbocycles. The third-order valence-corrected chi connectivity index (χ3v) is 13.2. The molecule has 0 bridgehead atoms. The van der Waals surface area contributed by atoms with Gasteiger partial charge in [-0.3, -0.25) is 28.4 Å². The molecular weight excluding hydrogens is 1090 g/mol. The van der Waals surface area contributed by atoms with Crippen LogP contribution in [0.15, 0.2) is 135 Å². The van der Waals surface area contributed by atoms with Gasteiger partial charge in [0.05, 0.1) is 72.6 Å². The summed E-state index contributed by atoms with van der Waals surface area (Å²) in [6.07, 6.45) is 16.8. The molecule has 10 aromatic rings. The van der Waals surface area contributed by atoms with Gasteiger partial charge in [0.15, 0.2) is 17.0 Å². The molecule has 2 fully saturated rings. The van der Waals surface area contributed by atoms with Crippen LogP contribution in [0.5, 0.6) is 34.5 Å². The number of alkyl halides is 4. The zero-order valence-electron chi connectivity index (χ0n) is 44.6. The molecule has 2 aliphatic rings. The molecule has 1 atom stereocenters. The van der Waals surface area contributed by atoms with Crippen LogP contribution in [0, 0.1) is 0 Å². The van der Waals surface area contributed by atoms with E-state index in [9.17, 15) is 31.9 Å². The van der Waals surface area contributed by atoms with Crippen molar-refractivity contribution in [2.24, 2.45) is 7.05 Å². The van der Waals surface area contributed by atoms with Crippen molar-refractivity contribution in [2.45, 2.75) is 31.7 Å². The number of ether oxygens (including phenoxy) is 5. The number of nitrogens with zero attached hydrogens (tertiary/aromatic N) is 14. The molecule has 426 valence electrons. The summed E-state index contributed by atoms with van der Waals surface area (Å²) >= 11 is 0. The van der Waals surface area contributed by atoms with Gasteiger partial charge in [-0.25, -0.2) is 19.0 Å². The summed E-state index contributed by atoms with van der Waals surface area (Å²) in [5.74, 6) is 0.0874. The Morgan fingerprint density at radius 1 is 0.651 bits per heavy atom. The van der Waals surface area contributed by atoms with Crippen molar-refractivity contribution in [3.63, 3.8) is 0 Å². The van der Waals surface area contributed by atoms with Crippen LogP contribution in [0.1, 0.15) is 49.6 Å². The first-order valence-corrected chi connectivity index (χ1v) is 25.6. The molecule has 0 saturated carbocycles. The average molecular weight is 1140 g/mol. The summed E-state index contributed by atoms with van der Waals surface area (Å²) in [6.45, 7) is -3.49. The number of anilines is 2. The second kappa shape index (κ2) is 23.5. The fourth-order valence-corrected chi connectivity index (χ4v) is 9.19. The lowest BCUT2D eigenvalue weighted by molar-refractivity contribution is -0.0501. The Kier molecular flexibility index (Phi) is 15.5. The number of amides is 3. The molecule has 3 amide bonds. The molecule has 2 aliphatic heterocycles. The predicted molar refractivity (Wildman–Crippen MR) is 289 cm³/mol. The van der Waals surface area contributed by atoms with Crippen molar-refractivity contribution in [3.8, 4) is 57.0 Å². The minimum absolute atomic E-state index is 0.106. The molecule has 9 heterocycles. The number of carbonyl (C=O) groups excluding carboxylic acids is 3. The maximum Gasteiger partial charge on any atom is 0.387 e. The number of halogens is 4. The van der Waals surface area contributed by atoms with Crippen LogP contribution in [-0.4, -0.2) is 147 Å². The highest BCUT2D eigenvalue weighted by Gasteiger charge is 2.29. The number of benzene rings is 3. The van der Waals surface area contributed by atoms with Gasteiger partial charge >= 0.3 is 13.2 Å². The summed E-state index contributed by atoms with van der Waals surface area (Å²) in [6, 6.07) is 18.8. The van der Waals surface area contributed by atoms with E-state index in [0.29, 0.717) is 47.3 Å². The van der Waals surface area contributed by atoms with Gasteiger partial charge in [0.25, 0.3) is 17.7 Å². The van der Waals surface area contributed by atoms with Gasteiger partial charge in [-0.05, 0) is 92.8 Å². The van der Waals surface area contributed by atoms with E-state index >= 15 is 0 Å². The topological polar surface area (TPSA) is 242 Å². The smallest absolute Gasteiger partial charge is 0.387 e. The highest BCUT2D eigenvalue weighted by molar-refractivity contribution is 6.10. The summed E-state index contributed by atoms with van der Waals surface area (Å²) < 4.78 is 88.3. The summed E-state index contributed by atoms with van der Waals surface area (Å²) in [5.41, 5.74) is 2.91. The van der Waals surface area contributed by atoms with E-state index in [0.717, 1.165) is 19.5 Å². The van der Waals surface area contributed by atoms with Crippen molar-refractivity contribution >= 4 is 40.4 Å². The van der Waals surface area contributed by atoms with Crippen molar-refractivity contribution in [1.29, 1.82) is 0 Å². The minimum Gasteiger partial charge on any atom is -0.457 e. The molecule has 24 nitrogen and oxygen atoms in total. The molecule has 2 saturated heterocycles. The van der Waals surface area contributed by atoms with Gasteiger partial charge in [-0.15, -0.1) is 0 Å². The standard InChI is InChI=1S/C29H25F2N7O5.C26H25F2N9O3/c1-36(2)28(40)17-4-6-19(7-5-17)42-20-8-9-24(43-29(30)31)21(12-20)25-23(14-38(35-25)18-15-41-16-18)34-27(39)22-13-33-37-11-3-10-32-26(22)37;1-34-9-6-16(13-34)37-14-18(11-30-37)39-17-4-5-22(40-26(27)28)19(10-17)23-21(15-35(2)33-23)32-25(38)20-12-31-36-8-3-7-29-24(20)36/h3-14,18,29H,15-16H2,1-2H3,(H,34,39);3-5,7-8,10-12,14-16,26H,6,9,13H2,1-2H3,(H,32,38)/t;16-/m.1/s1. The Morgan fingerprint density at radius 2 is 1.20 bits per heavy atom. The quantitative estimate of drug-likeness (QED) is 0.0814. The largest absolute Gasteiger partial charge is 0.457 e. The number of hydrogen-bond donors (Lipinski definition) is 2. The zero-order chi connectivity index (χ0) is 57.9. The highest BCUT2D eigenvalue weighted by atomic mass is 19.3. The Hall–Kier alpha value is -10.2. The van der Waals surface area contributed by atoms with E-state index in [1.807, 2.05) is 10.9 Å². The normalized spacial score (nSPS) is 14.4. The molecule has 28 heteroatoms.